The molecule has 2 aliphatic heterocycles. The van der Waals surface area contributed by atoms with E-state index in [0.717, 1.165) is 19.4 Å². The number of carbonyl (C=O) groups excluding carboxylic acids is 6. The van der Waals surface area contributed by atoms with Crippen LogP contribution in [0.1, 0.15) is 78.7 Å². The zero-order chi connectivity index (χ0) is 47.3. The molecule has 0 radical (unpaired) electrons. The number of carbonyl (C=O) groups is 6. The minimum absolute atomic E-state index is 0.0140. The number of likely N-dealkylation sites (tertiary alicyclic amines) is 1. The maximum atomic E-state index is 15.4. The van der Waals surface area contributed by atoms with Gasteiger partial charge in [0.25, 0.3) is 0 Å². The summed E-state index contributed by atoms with van der Waals surface area (Å²) in [6, 6.07) is 16.4. The van der Waals surface area contributed by atoms with Crippen LogP contribution in [0.5, 0.6) is 0 Å². The van der Waals surface area contributed by atoms with Gasteiger partial charge in [-0.3, -0.25) is 28.9 Å². The van der Waals surface area contributed by atoms with E-state index >= 15 is 4.39 Å². The number of nitrogens with zero attached hydrogens (tertiary/aromatic N) is 3. The minimum atomic E-state index is -1.44. The van der Waals surface area contributed by atoms with Crippen molar-refractivity contribution in [2.75, 3.05) is 20.2 Å². The second-order valence-corrected chi connectivity index (χ2v) is 17.6. The Hall–Kier alpha value is -6.36. The lowest BCUT2D eigenvalue weighted by atomic mass is 9.85. The molecule has 2 fully saturated rings. The van der Waals surface area contributed by atoms with Crippen LogP contribution >= 0.6 is 0 Å². The molecule has 3 aromatic carbocycles. The normalized spacial score (nSPS) is 20.6. The SMILES string of the molecule is CC(=O)OC1CO[C@@H](n2c(-c3ccc(F)cc3)c(C[C@@H]3CCCN3C(=O)[C@@H](NC(=O)[C@H](C)N(C)C(=O)OCc3ccccc3)C(C)(C)C)c3ccc(F)cc32)[C@H](OC(C)=O)[C@H]1OC(C)=O. The number of halogens is 2. The van der Waals surface area contributed by atoms with Crippen LogP contribution in [-0.2, 0) is 60.7 Å². The summed E-state index contributed by atoms with van der Waals surface area (Å²) in [6.45, 7) is 10.6. The number of hydrogen-bond donors (Lipinski definition) is 1. The van der Waals surface area contributed by atoms with E-state index in [9.17, 15) is 33.2 Å². The maximum absolute atomic E-state index is 15.4. The van der Waals surface area contributed by atoms with E-state index in [1.165, 1.54) is 55.3 Å². The van der Waals surface area contributed by atoms with Crippen molar-refractivity contribution in [3.8, 4) is 11.3 Å². The van der Waals surface area contributed by atoms with Gasteiger partial charge in [0.15, 0.2) is 24.5 Å². The molecule has 0 spiro atoms. The van der Waals surface area contributed by atoms with Crippen molar-refractivity contribution in [3.05, 3.63) is 95.6 Å². The molecule has 2 aliphatic rings. The monoisotopic (exact) mass is 902 g/mol. The molecular weight excluding hydrogens is 847 g/mol. The third-order valence-corrected chi connectivity index (χ3v) is 11.7. The molecule has 6 rings (SSSR count). The summed E-state index contributed by atoms with van der Waals surface area (Å²) >= 11 is 0. The fourth-order valence-corrected chi connectivity index (χ4v) is 8.50. The van der Waals surface area contributed by atoms with Crippen molar-refractivity contribution in [2.45, 2.75) is 117 Å². The van der Waals surface area contributed by atoms with Gasteiger partial charge in [0.05, 0.1) is 17.8 Å². The van der Waals surface area contributed by atoms with Crippen LogP contribution in [0.25, 0.3) is 22.2 Å². The van der Waals surface area contributed by atoms with Crippen LogP contribution in [-0.4, -0.2) is 107 Å². The molecule has 0 bridgehead atoms. The van der Waals surface area contributed by atoms with Crippen molar-refractivity contribution in [3.63, 3.8) is 0 Å². The maximum Gasteiger partial charge on any atom is 0.410 e. The smallest absolute Gasteiger partial charge is 0.410 e. The Kier molecular flexibility index (Phi) is 15.0. The summed E-state index contributed by atoms with van der Waals surface area (Å²) in [4.78, 5) is 81.9. The lowest BCUT2D eigenvalue weighted by Crippen LogP contribution is -2.59. The Morgan fingerprint density at radius 1 is 0.862 bits per heavy atom. The van der Waals surface area contributed by atoms with Crippen LogP contribution in [0.3, 0.4) is 0 Å². The lowest BCUT2D eigenvalue weighted by molar-refractivity contribution is -0.238. The summed E-state index contributed by atoms with van der Waals surface area (Å²) in [7, 11) is 1.45. The third-order valence-electron chi connectivity index (χ3n) is 11.7. The topological polar surface area (TPSA) is 172 Å². The van der Waals surface area contributed by atoms with Crippen molar-refractivity contribution < 1.29 is 61.2 Å². The zero-order valence-corrected chi connectivity index (χ0v) is 37.8. The van der Waals surface area contributed by atoms with Crippen LogP contribution in [0.2, 0.25) is 0 Å². The number of likely N-dealkylation sites (N-methyl/N-ethyl adjacent to an activating group) is 1. The molecule has 3 heterocycles. The van der Waals surface area contributed by atoms with Gasteiger partial charge in [-0.25, -0.2) is 13.6 Å². The molecule has 0 saturated carbocycles. The van der Waals surface area contributed by atoms with E-state index in [4.69, 9.17) is 23.7 Å². The minimum Gasteiger partial charge on any atom is -0.456 e. The van der Waals surface area contributed by atoms with E-state index in [2.05, 4.69) is 5.32 Å². The van der Waals surface area contributed by atoms with Crippen molar-refractivity contribution >= 4 is 46.7 Å². The van der Waals surface area contributed by atoms with Gasteiger partial charge in [0, 0.05) is 45.8 Å². The first-order chi connectivity index (χ1) is 30.7. The Bertz CT molecular complexity index is 2400. The molecule has 1 aromatic heterocycles. The Morgan fingerprint density at radius 2 is 1.49 bits per heavy atom. The second-order valence-electron chi connectivity index (χ2n) is 17.6. The number of rotatable bonds is 13. The van der Waals surface area contributed by atoms with Crippen LogP contribution in [0, 0.1) is 17.0 Å². The molecule has 0 aliphatic carbocycles. The highest BCUT2D eigenvalue weighted by Crippen LogP contribution is 2.43. The third kappa shape index (κ3) is 11.1. The van der Waals surface area contributed by atoms with Crippen LogP contribution in [0.15, 0.2) is 72.8 Å². The lowest BCUT2D eigenvalue weighted by Gasteiger charge is -2.41. The van der Waals surface area contributed by atoms with Gasteiger partial charge in [0.1, 0.15) is 30.3 Å². The van der Waals surface area contributed by atoms with Gasteiger partial charge in [-0.2, -0.15) is 0 Å². The Labute approximate surface area is 376 Å². The average molecular weight is 903 g/mol. The number of amides is 3. The van der Waals surface area contributed by atoms with Gasteiger partial charge < -0.3 is 38.5 Å². The summed E-state index contributed by atoms with van der Waals surface area (Å²) < 4.78 is 60.3. The number of aromatic nitrogens is 1. The number of fused-ring (bicyclic) bond motifs is 1. The second kappa shape index (κ2) is 20.2. The molecule has 15 nitrogen and oxygen atoms in total. The number of benzene rings is 3. The zero-order valence-electron chi connectivity index (χ0n) is 37.8. The summed E-state index contributed by atoms with van der Waals surface area (Å²) in [5, 5.41) is 3.46. The standard InChI is InChI=1S/C48H56F2N4O11/c1-27(52(8)47(60)62-25-31-13-10-9-11-14-31)44(58)51-43(48(5,6)7)45(59)53-22-12-15-35(53)24-37-36-21-20-34(50)23-38(36)54(40(37)32-16-18-33(49)19-17-32)46-42(65-30(4)57)41(64-29(3)56)39(26-61-46)63-28(2)55/h9-11,13-14,16-21,23,27,35,39,41-43,46H,12,15,22,24-26H2,1-8H3,(H,51,58)/t27-,35-,39?,41-,42+,43+,46+/m0/s1. The molecule has 17 heteroatoms. The van der Waals surface area contributed by atoms with E-state index in [0.29, 0.717) is 41.6 Å². The highest BCUT2D eigenvalue weighted by molar-refractivity contribution is 5.94. The molecule has 1 unspecified atom stereocenters. The van der Waals surface area contributed by atoms with Crippen LogP contribution < -0.4 is 5.32 Å². The fourth-order valence-electron chi connectivity index (χ4n) is 8.50. The van der Waals surface area contributed by atoms with Gasteiger partial charge in [-0.05, 0) is 90.8 Å². The molecule has 348 valence electrons. The van der Waals surface area contributed by atoms with Gasteiger partial charge in [-0.1, -0.05) is 51.1 Å². The largest absolute Gasteiger partial charge is 0.456 e. The molecule has 7 atom stereocenters. The molecular formula is C48H56F2N4O11. The first-order valence-corrected chi connectivity index (χ1v) is 21.5. The molecule has 4 aromatic rings. The molecule has 65 heavy (non-hydrogen) atoms. The van der Waals surface area contributed by atoms with Crippen molar-refractivity contribution in [2.24, 2.45) is 5.41 Å². The number of esters is 3. The van der Waals surface area contributed by atoms with E-state index in [1.54, 1.807) is 22.5 Å². The molecule has 2 saturated heterocycles. The van der Waals surface area contributed by atoms with Crippen molar-refractivity contribution in [1.29, 1.82) is 0 Å². The number of ether oxygens (including phenoxy) is 5. The van der Waals surface area contributed by atoms with E-state index < -0.39 is 89.6 Å². The summed E-state index contributed by atoms with van der Waals surface area (Å²) in [6.07, 6.45) is -4.64. The number of nitrogens with one attached hydrogen (secondary N) is 1. The van der Waals surface area contributed by atoms with Gasteiger partial charge >= 0.3 is 24.0 Å². The van der Waals surface area contributed by atoms with Gasteiger partial charge in [-0.15, -0.1) is 0 Å². The number of hydrogen-bond acceptors (Lipinski definition) is 11. The first kappa shape index (κ1) is 48.1. The molecule has 1 N–H and O–H groups in total. The van der Waals surface area contributed by atoms with Crippen LogP contribution in [0.4, 0.5) is 13.6 Å². The molecule has 3 amide bonds. The van der Waals surface area contributed by atoms with Crippen molar-refractivity contribution in [1.82, 2.24) is 19.7 Å². The van der Waals surface area contributed by atoms with Gasteiger partial charge in [0.2, 0.25) is 11.8 Å². The summed E-state index contributed by atoms with van der Waals surface area (Å²) in [5.41, 5.74) is 1.77. The van der Waals surface area contributed by atoms with E-state index in [-0.39, 0.29) is 31.1 Å². The Morgan fingerprint density at radius 3 is 2.12 bits per heavy atom. The highest BCUT2D eigenvalue weighted by atomic mass is 19.1. The summed E-state index contributed by atoms with van der Waals surface area (Å²) in [5.74, 6) is -4.29. The fraction of sp³-hybridized carbons (Fsp3) is 0.458. The predicted octanol–water partition coefficient (Wildman–Crippen LogP) is 6.63. The average Bonchev–Trinajstić information content (AvgIpc) is 3.84. The quantitative estimate of drug-likeness (QED) is 0.113. The highest BCUT2D eigenvalue weighted by Gasteiger charge is 2.49. The Balaban J connectivity index is 1.37. The first-order valence-electron chi connectivity index (χ1n) is 21.5. The predicted molar refractivity (Wildman–Crippen MR) is 233 cm³/mol. The van der Waals surface area contributed by atoms with E-state index in [1.807, 2.05) is 51.1 Å².